The zero-order chi connectivity index (χ0) is 16.2. The molecule has 0 unspecified atom stereocenters. The Kier molecular flexibility index (Phi) is 5.32. The van der Waals surface area contributed by atoms with Crippen LogP contribution in [-0.2, 0) is 9.53 Å². The third kappa shape index (κ3) is 5.07. The minimum Gasteiger partial charge on any atom is -0.548 e. The molecule has 1 amide bonds. The normalized spacial score (nSPS) is 14.1. The number of aliphatic carboxylic acids is 1. The molecule has 0 heterocycles. The number of rotatable bonds is 4. The lowest BCUT2D eigenvalue weighted by Gasteiger charge is -2.28. The molecule has 6 nitrogen and oxygen atoms in total. The molecule has 2 atom stereocenters. The average molecular weight is 294 g/mol. The second-order valence-corrected chi connectivity index (χ2v) is 5.74. The number of alkyl carbamates (subject to hydrolysis) is 1. The quantitative estimate of drug-likeness (QED) is 0.850. The van der Waals surface area contributed by atoms with Crippen LogP contribution < -0.4 is 10.4 Å². The van der Waals surface area contributed by atoms with Gasteiger partial charge in [0.2, 0.25) is 0 Å². The summed E-state index contributed by atoms with van der Waals surface area (Å²) in [5, 5.41) is 23.5. The van der Waals surface area contributed by atoms with Gasteiger partial charge in [-0.1, -0.05) is 24.3 Å². The molecular formula is C15H20NO5-. The van der Waals surface area contributed by atoms with E-state index in [2.05, 4.69) is 5.32 Å². The number of benzene rings is 1. The SMILES string of the molecule is Cc1ccccc1[C@H](O)[C@H](NC(=O)OC(C)(C)C)C(=O)[O-]. The third-order valence-corrected chi connectivity index (χ3v) is 2.75. The van der Waals surface area contributed by atoms with Crippen molar-refractivity contribution < 1.29 is 24.5 Å². The molecule has 2 N–H and O–H groups in total. The molecule has 0 spiro atoms. The minimum absolute atomic E-state index is 0.405. The summed E-state index contributed by atoms with van der Waals surface area (Å²) in [6, 6.07) is 5.16. The van der Waals surface area contributed by atoms with Crippen molar-refractivity contribution in [2.24, 2.45) is 0 Å². The number of aliphatic hydroxyl groups excluding tert-OH is 1. The van der Waals surface area contributed by atoms with E-state index >= 15 is 0 Å². The smallest absolute Gasteiger partial charge is 0.408 e. The van der Waals surface area contributed by atoms with Gasteiger partial charge in [-0.25, -0.2) is 4.79 Å². The highest BCUT2D eigenvalue weighted by atomic mass is 16.6. The summed E-state index contributed by atoms with van der Waals surface area (Å²) in [6.07, 6.45) is -2.35. The van der Waals surface area contributed by atoms with Crippen LogP contribution in [0.5, 0.6) is 0 Å². The third-order valence-electron chi connectivity index (χ3n) is 2.75. The number of amides is 1. The first-order valence-corrected chi connectivity index (χ1v) is 6.56. The van der Waals surface area contributed by atoms with Gasteiger partial charge in [0.1, 0.15) is 17.7 Å². The van der Waals surface area contributed by atoms with Gasteiger partial charge in [-0.05, 0) is 38.8 Å². The van der Waals surface area contributed by atoms with Crippen molar-refractivity contribution in [3.05, 3.63) is 35.4 Å². The van der Waals surface area contributed by atoms with Crippen LogP contribution >= 0.6 is 0 Å². The Morgan fingerprint density at radius 1 is 1.29 bits per heavy atom. The van der Waals surface area contributed by atoms with Crippen molar-refractivity contribution in [2.75, 3.05) is 0 Å². The topological polar surface area (TPSA) is 98.7 Å². The summed E-state index contributed by atoms with van der Waals surface area (Å²) in [5.74, 6) is -1.59. The first-order chi connectivity index (χ1) is 9.61. The van der Waals surface area contributed by atoms with Gasteiger partial charge in [0.05, 0.1) is 5.97 Å². The zero-order valence-corrected chi connectivity index (χ0v) is 12.5. The van der Waals surface area contributed by atoms with E-state index in [0.29, 0.717) is 11.1 Å². The monoisotopic (exact) mass is 294 g/mol. The van der Waals surface area contributed by atoms with Crippen LogP contribution in [-0.4, -0.2) is 28.8 Å². The van der Waals surface area contributed by atoms with E-state index in [9.17, 15) is 19.8 Å². The molecule has 1 aromatic rings. The second kappa shape index (κ2) is 6.58. The molecule has 0 aliphatic heterocycles. The molecule has 0 fully saturated rings. The van der Waals surface area contributed by atoms with Gasteiger partial charge in [-0.15, -0.1) is 0 Å². The van der Waals surface area contributed by atoms with E-state index in [1.54, 1.807) is 52.0 Å². The lowest BCUT2D eigenvalue weighted by Crippen LogP contribution is -2.52. The van der Waals surface area contributed by atoms with Gasteiger partial charge < -0.3 is 25.1 Å². The molecule has 1 rings (SSSR count). The number of carboxylic acid groups (broad SMARTS) is 1. The number of carboxylic acids is 1. The predicted octanol–water partition coefficient (Wildman–Crippen LogP) is 0.672. The Bertz CT molecular complexity index is 521. The van der Waals surface area contributed by atoms with Crippen molar-refractivity contribution in [3.8, 4) is 0 Å². The van der Waals surface area contributed by atoms with Crippen LogP contribution in [0, 0.1) is 6.92 Å². The van der Waals surface area contributed by atoms with Crippen molar-refractivity contribution in [1.82, 2.24) is 5.32 Å². The van der Waals surface area contributed by atoms with Crippen molar-refractivity contribution in [2.45, 2.75) is 45.4 Å². The highest BCUT2D eigenvalue weighted by Crippen LogP contribution is 2.20. The zero-order valence-electron chi connectivity index (χ0n) is 12.5. The number of nitrogens with one attached hydrogen (secondary N) is 1. The Labute approximate surface area is 123 Å². The molecule has 0 radical (unpaired) electrons. The Morgan fingerprint density at radius 2 is 1.86 bits per heavy atom. The summed E-state index contributed by atoms with van der Waals surface area (Å²) in [5.41, 5.74) is 0.346. The van der Waals surface area contributed by atoms with E-state index in [4.69, 9.17) is 4.74 Å². The fourth-order valence-corrected chi connectivity index (χ4v) is 1.80. The van der Waals surface area contributed by atoms with Gasteiger partial charge in [0.15, 0.2) is 0 Å². The molecule has 0 aliphatic rings. The van der Waals surface area contributed by atoms with Gasteiger partial charge in [0, 0.05) is 0 Å². The highest BCUT2D eigenvalue weighted by molar-refractivity contribution is 5.79. The van der Waals surface area contributed by atoms with E-state index < -0.39 is 29.8 Å². The molecule has 0 aromatic heterocycles. The summed E-state index contributed by atoms with van der Waals surface area (Å²) in [6.45, 7) is 6.69. The fraction of sp³-hybridized carbons (Fsp3) is 0.467. The Morgan fingerprint density at radius 3 is 2.33 bits per heavy atom. The molecule has 0 saturated carbocycles. The molecular weight excluding hydrogens is 274 g/mol. The summed E-state index contributed by atoms with van der Waals surface area (Å²) in [7, 11) is 0. The molecule has 116 valence electrons. The van der Waals surface area contributed by atoms with Gasteiger partial charge >= 0.3 is 6.09 Å². The van der Waals surface area contributed by atoms with Crippen molar-refractivity contribution >= 4 is 12.1 Å². The number of aryl methyl sites for hydroxylation is 1. The number of carbonyl (C=O) groups is 2. The molecule has 21 heavy (non-hydrogen) atoms. The Hall–Kier alpha value is -2.08. The van der Waals surface area contributed by atoms with E-state index in [1.165, 1.54) is 0 Å². The maximum atomic E-state index is 11.7. The number of hydrogen-bond acceptors (Lipinski definition) is 5. The van der Waals surface area contributed by atoms with Crippen LogP contribution in [0.2, 0.25) is 0 Å². The van der Waals surface area contributed by atoms with E-state index in [1.807, 2.05) is 0 Å². The number of aliphatic hydroxyl groups is 1. The van der Waals surface area contributed by atoms with Gasteiger partial charge in [-0.3, -0.25) is 0 Å². The number of carbonyl (C=O) groups excluding carboxylic acids is 2. The van der Waals surface area contributed by atoms with Crippen LogP contribution in [0.25, 0.3) is 0 Å². The van der Waals surface area contributed by atoms with Crippen molar-refractivity contribution in [3.63, 3.8) is 0 Å². The fourth-order valence-electron chi connectivity index (χ4n) is 1.80. The van der Waals surface area contributed by atoms with Crippen molar-refractivity contribution in [1.29, 1.82) is 0 Å². The molecule has 0 aliphatic carbocycles. The van der Waals surface area contributed by atoms with E-state index in [0.717, 1.165) is 0 Å². The van der Waals surface area contributed by atoms with Crippen LogP contribution in [0.15, 0.2) is 24.3 Å². The predicted molar refractivity (Wildman–Crippen MR) is 74.3 cm³/mol. The van der Waals surface area contributed by atoms with E-state index in [-0.39, 0.29) is 0 Å². The minimum atomic E-state index is -1.60. The summed E-state index contributed by atoms with van der Waals surface area (Å²) in [4.78, 5) is 22.8. The van der Waals surface area contributed by atoms with Crippen LogP contribution in [0.4, 0.5) is 4.79 Å². The first kappa shape index (κ1) is 17.0. The standard InChI is InChI=1S/C15H21NO5/c1-9-7-5-6-8-10(9)12(17)11(13(18)19)16-14(20)21-15(2,3)4/h5-8,11-12,17H,1-4H3,(H,16,20)(H,18,19)/p-1/t11-,12-/m0/s1. The Balaban J connectivity index is 2.90. The lowest BCUT2D eigenvalue weighted by molar-refractivity contribution is -0.310. The molecule has 6 heteroatoms. The highest BCUT2D eigenvalue weighted by Gasteiger charge is 2.27. The number of hydrogen-bond donors (Lipinski definition) is 2. The molecule has 1 aromatic carbocycles. The van der Waals surface area contributed by atoms with Crippen LogP contribution in [0.1, 0.15) is 38.0 Å². The maximum absolute atomic E-state index is 11.7. The van der Waals surface area contributed by atoms with Gasteiger partial charge in [-0.2, -0.15) is 0 Å². The average Bonchev–Trinajstić information content (AvgIpc) is 2.33. The summed E-state index contributed by atoms with van der Waals surface area (Å²) < 4.78 is 4.98. The molecule has 0 saturated heterocycles. The summed E-state index contributed by atoms with van der Waals surface area (Å²) >= 11 is 0. The second-order valence-electron chi connectivity index (χ2n) is 5.74. The lowest BCUT2D eigenvalue weighted by atomic mass is 9.98. The number of ether oxygens (including phenoxy) is 1. The molecule has 0 bridgehead atoms. The van der Waals surface area contributed by atoms with Gasteiger partial charge in [0.25, 0.3) is 0 Å². The maximum Gasteiger partial charge on any atom is 0.408 e. The largest absolute Gasteiger partial charge is 0.548 e. The first-order valence-electron chi connectivity index (χ1n) is 6.56. The van der Waals surface area contributed by atoms with Crippen LogP contribution in [0.3, 0.4) is 0 Å².